The van der Waals surface area contributed by atoms with Gasteiger partial charge in [0.2, 0.25) is 8.32 Å². The van der Waals surface area contributed by atoms with Gasteiger partial charge in [0, 0.05) is 6.42 Å². The molecule has 0 atom stereocenters. The zero-order valence-electron chi connectivity index (χ0n) is 11.9. The van der Waals surface area contributed by atoms with Gasteiger partial charge in [-0.05, 0) is 51.5 Å². The number of aryl methyl sites for hydroxylation is 1. The van der Waals surface area contributed by atoms with Crippen LogP contribution in [0.4, 0.5) is 0 Å². The molecule has 0 spiro atoms. The highest BCUT2D eigenvalue weighted by molar-refractivity contribution is 6.70. The average molecular weight is 248 g/mol. The minimum atomic E-state index is -1.51. The topological polar surface area (TPSA) is 9.23 Å². The molecule has 0 aromatic heterocycles. The van der Waals surface area contributed by atoms with E-state index in [0.29, 0.717) is 0 Å². The molecule has 0 aliphatic rings. The van der Waals surface area contributed by atoms with Gasteiger partial charge in [-0.3, -0.25) is 0 Å². The Morgan fingerprint density at radius 2 is 1.59 bits per heavy atom. The lowest BCUT2D eigenvalue weighted by Crippen LogP contribution is -2.25. The molecular weight excluding hydrogens is 224 g/mol. The van der Waals surface area contributed by atoms with Crippen LogP contribution in [-0.2, 0) is 10.8 Å². The van der Waals surface area contributed by atoms with E-state index in [1.807, 2.05) is 0 Å². The minimum Gasteiger partial charge on any atom is -0.547 e. The summed E-state index contributed by atoms with van der Waals surface area (Å²) in [6.45, 7) is 13.1. The second-order valence-electron chi connectivity index (χ2n) is 5.80. The maximum Gasteiger partial charge on any atom is 0.241 e. The lowest BCUT2D eigenvalue weighted by molar-refractivity contribution is 0.402. The van der Waals surface area contributed by atoms with Crippen LogP contribution in [0, 0.1) is 6.92 Å². The predicted molar refractivity (Wildman–Crippen MR) is 77.7 cm³/mol. The molecule has 0 saturated carbocycles. The first-order valence-electron chi connectivity index (χ1n) is 6.19. The van der Waals surface area contributed by atoms with E-state index in [0.717, 1.165) is 12.2 Å². The molecule has 0 heterocycles. The van der Waals surface area contributed by atoms with Gasteiger partial charge in [-0.15, -0.1) is 0 Å². The first kappa shape index (κ1) is 14.0. The van der Waals surface area contributed by atoms with Gasteiger partial charge < -0.3 is 4.43 Å². The van der Waals surface area contributed by atoms with E-state index in [2.05, 4.69) is 64.7 Å². The lowest BCUT2D eigenvalue weighted by atomic mass is 10.1. The lowest BCUT2D eigenvalue weighted by Gasteiger charge is -2.23. The Balaban J connectivity index is 2.82. The monoisotopic (exact) mass is 248 g/mol. The third kappa shape index (κ3) is 5.22. The number of benzene rings is 1. The summed E-state index contributed by atoms with van der Waals surface area (Å²) in [7, 11) is -1.51. The fourth-order valence-electron chi connectivity index (χ4n) is 1.58. The van der Waals surface area contributed by atoms with E-state index in [4.69, 9.17) is 4.43 Å². The molecular formula is C15H24OSi. The largest absolute Gasteiger partial charge is 0.547 e. The van der Waals surface area contributed by atoms with Crippen LogP contribution in [0.15, 0.2) is 35.6 Å². The zero-order valence-corrected chi connectivity index (χ0v) is 12.9. The summed E-state index contributed by atoms with van der Waals surface area (Å²) < 4.78 is 6.15. The van der Waals surface area contributed by atoms with E-state index in [1.165, 1.54) is 16.7 Å². The van der Waals surface area contributed by atoms with Crippen LogP contribution in [0.5, 0.6) is 0 Å². The van der Waals surface area contributed by atoms with Crippen LogP contribution in [0.2, 0.25) is 19.6 Å². The van der Waals surface area contributed by atoms with Gasteiger partial charge in [0.05, 0.1) is 5.76 Å². The van der Waals surface area contributed by atoms with E-state index in [-0.39, 0.29) is 0 Å². The predicted octanol–water partition coefficient (Wildman–Crippen LogP) is 4.68. The Bertz CT molecular complexity index is 392. The maximum atomic E-state index is 6.15. The van der Waals surface area contributed by atoms with Crippen molar-refractivity contribution in [3.8, 4) is 0 Å². The van der Waals surface area contributed by atoms with Crippen LogP contribution in [0.25, 0.3) is 0 Å². The molecule has 2 heteroatoms. The number of hydrogen-bond donors (Lipinski definition) is 0. The van der Waals surface area contributed by atoms with Crippen molar-refractivity contribution < 1.29 is 4.43 Å². The molecule has 1 nitrogen and oxygen atoms in total. The number of hydrogen-bond acceptors (Lipinski definition) is 1. The molecule has 1 aromatic rings. The van der Waals surface area contributed by atoms with E-state index >= 15 is 0 Å². The van der Waals surface area contributed by atoms with Gasteiger partial charge in [0.15, 0.2) is 0 Å². The molecule has 0 aliphatic heterocycles. The highest BCUT2D eigenvalue weighted by atomic mass is 28.4. The smallest absolute Gasteiger partial charge is 0.241 e. The van der Waals surface area contributed by atoms with E-state index in [1.54, 1.807) is 0 Å². The summed E-state index contributed by atoms with van der Waals surface area (Å²) in [6.07, 6.45) is 0.910. The molecule has 1 aromatic carbocycles. The number of allylic oxidation sites excluding steroid dienone is 2. The van der Waals surface area contributed by atoms with Crippen molar-refractivity contribution in [3.05, 3.63) is 46.7 Å². The quantitative estimate of drug-likeness (QED) is 0.555. The van der Waals surface area contributed by atoms with Gasteiger partial charge in [-0.1, -0.05) is 29.8 Å². The van der Waals surface area contributed by atoms with Crippen LogP contribution < -0.4 is 0 Å². The van der Waals surface area contributed by atoms with Gasteiger partial charge in [-0.25, -0.2) is 0 Å². The van der Waals surface area contributed by atoms with Crippen LogP contribution in [0.1, 0.15) is 25.0 Å². The van der Waals surface area contributed by atoms with Crippen molar-refractivity contribution in [1.29, 1.82) is 0 Å². The first-order chi connectivity index (χ1) is 7.78. The minimum absolute atomic E-state index is 0.910. The second-order valence-corrected chi connectivity index (χ2v) is 10.2. The molecule has 0 radical (unpaired) electrons. The summed E-state index contributed by atoms with van der Waals surface area (Å²) in [5, 5.41) is 0. The van der Waals surface area contributed by atoms with Crippen molar-refractivity contribution >= 4 is 8.32 Å². The SMILES string of the molecule is CC(C)=C(Cc1ccc(C)cc1)O[Si](C)(C)C. The van der Waals surface area contributed by atoms with Gasteiger partial charge >= 0.3 is 0 Å². The van der Waals surface area contributed by atoms with Gasteiger partial charge in [0.1, 0.15) is 0 Å². The molecule has 1 rings (SSSR count). The Kier molecular flexibility index (Phi) is 4.58. The zero-order chi connectivity index (χ0) is 13.1. The molecule has 94 valence electrons. The summed E-state index contributed by atoms with van der Waals surface area (Å²) in [5.41, 5.74) is 3.91. The van der Waals surface area contributed by atoms with E-state index < -0.39 is 8.32 Å². The fraction of sp³-hybridized carbons (Fsp3) is 0.467. The highest BCUT2D eigenvalue weighted by Gasteiger charge is 2.18. The van der Waals surface area contributed by atoms with Crippen molar-refractivity contribution in [3.63, 3.8) is 0 Å². The second kappa shape index (κ2) is 5.54. The molecule has 0 amide bonds. The van der Waals surface area contributed by atoms with Crippen molar-refractivity contribution in [2.75, 3.05) is 0 Å². The van der Waals surface area contributed by atoms with Crippen LogP contribution in [0.3, 0.4) is 0 Å². The highest BCUT2D eigenvalue weighted by Crippen LogP contribution is 2.19. The Morgan fingerprint density at radius 3 is 2.00 bits per heavy atom. The molecule has 0 aliphatic carbocycles. The molecule has 0 bridgehead atoms. The molecule has 0 fully saturated rings. The normalized spacial score (nSPS) is 11.2. The molecule has 0 N–H and O–H groups in total. The molecule has 0 saturated heterocycles. The van der Waals surface area contributed by atoms with Crippen LogP contribution in [-0.4, -0.2) is 8.32 Å². The molecule has 17 heavy (non-hydrogen) atoms. The summed E-state index contributed by atoms with van der Waals surface area (Å²) >= 11 is 0. The van der Waals surface area contributed by atoms with Crippen LogP contribution >= 0.6 is 0 Å². The molecule has 0 unspecified atom stereocenters. The third-order valence-electron chi connectivity index (χ3n) is 2.47. The van der Waals surface area contributed by atoms with Gasteiger partial charge in [0.25, 0.3) is 0 Å². The standard InChI is InChI=1S/C15H24OSi/c1-12(2)15(16-17(4,5)6)11-14-9-7-13(3)8-10-14/h7-10H,11H2,1-6H3. The average Bonchev–Trinajstić information content (AvgIpc) is 2.18. The van der Waals surface area contributed by atoms with E-state index in [9.17, 15) is 0 Å². The Morgan fingerprint density at radius 1 is 1.06 bits per heavy atom. The summed E-state index contributed by atoms with van der Waals surface area (Å²) in [5.74, 6) is 1.15. The van der Waals surface area contributed by atoms with Gasteiger partial charge in [-0.2, -0.15) is 0 Å². The van der Waals surface area contributed by atoms with Crippen molar-refractivity contribution in [2.24, 2.45) is 0 Å². The number of rotatable bonds is 4. The third-order valence-corrected chi connectivity index (χ3v) is 3.33. The van der Waals surface area contributed by atoms with Crippen molar-refractivity contribution in [2.45, 2.75) is 46.8 Å². The summed E-state index contributed by atoms with van der Waals surface area (Å²) in [4.78, 5) is 0. The Hall–Kier alpha value is -1.02. The first-order valence-corrected chi connectivity index (χ1v) is 9.59. The maximum absolute atomic E-state index is 6.15. The fourth-order valence-corrected chi connectivity index (χ4v) is 2.59. The Labute approximate surface area is 107 Å². The summed E-state index contributed by atoms with van der Waals surface area (Å²) in [6, 6.07) is 8.69. The van der Waals surface area contributed by atoms with Crippen molar-refractivity contribution in [1.82, 2.24) is 0 Å².